The van der Waals surface area contributed by atoms with E-state index in [1.165, 1.54) is 6.07 Å². The number of benzene rings is 2. The molecule has 1 aromatic heterocycles. The molecule has 0 spiro atoms. The number of aromatic amines is 1. The zero-order chi connectivity index (χ0) is 13.6. The van der Waals surface area contributed by atoms with Crippen molar-refractivity contribution in [1.82, 2.24) is 4.98 Å². The molecule has 3 N–H and O–H groups in total. The van der Waals surface area contributed by atoms with Gasteiger partial charge in [-0.25, -0.2) is 8.78 Å². The molecule has 2 nitrogen and oxygen atoms in total. The Hall–Kier alpha value is -2.30. The van der Waals surface area contributed by atoms with E-state index in [0.717, 1.165) is 11.6 Å². The summed E-state index contributed by atoms with van der Waals surface area (Å²) >= 11 is 0. The van der Waals surface area contributed by atoms with Crippen molar-refractivity contribution in [2.24, 2.45) is 0 Å². The summed E-state index contributed by atoms with van der Waals surface area (Å²) in [5, 5.41) is 0.337. The second-order valence-electron chi connectivity index (χ2n) is 4.35. The van der Waals surface area contributed by atoms with Crippen molar-refractivity contribution in [3.05, 3.63) is 48.0 Å². The van der Waals surface area contributed by atoms with E-state index in [1.807, 2.05) is 0 Å². The van der Waals surface area contributed by atoms with Crippen molar-refractivity contribution in [3.63, 3.8) is 0 Å². The molecule has 0 aliphatic rings. The van der Waals surface area contributed by atoms with Crippen molar-refractivity contribution in [2.45, 2.75) is 0 Å². The van der Waals surface area contributed by atoms with Gasteiger partial charge in [0, 0.05) is 17.0 Å². The fourth-order valence-electron chi connectivity index (χ4n) is 2.12. The van der Waals surface area contributed by atoms with Crippen LogP contribution >= 0.6 is 0 Å². The minimum atomic E-state index is -0.664. The Morgan fingerprint density at radius 1 is 1.05 bits per heavy atom. The largest absolute Gasteiger partial charge is 0.396 e. The number of nitrogens with one attached hydrogen (secondary N) is 1. The molecule has 19 heavy (non-hydrogen) atoms. The van der Waals surface area contributed by atoms with Crippen LogP contribution in [0.4, 0.5) is 14.5 Å². The minimum absolute atomic E-state index is 0.200. The number of fused-ring (bicyclic) bond motifs is 1. The van der Waals surface area contributed by atoms with Crippen LogP contribution in [0.3, 0.4) is 0 Å². The number of anilines is 1. The summed E-state index contributed by atoms with van der Waals surface area (Å²) in [7, 11) is 5.61. The van der Waals surface area contributed by atoms with E-state index in [0.29, 0.717) is 22.2 Å². The summed E-state index contributed by atoms with van der Waals surface area (Å²) in [5.41, 5.74) is 8.41. The maximum atomic E-state index is 13.7. The molecule has 3 rings (SSSR count). The predicted octanol–water partition coefficient (Wildman–Crippen LogP) is 2.49. The Morgan fingerprint density at radius 2 is 1.74 bits per heavy atom. The Balaban J connectivity index is 2.28. The normalized spacial score (nSPS) is 11.1. The molecule has 1 heterocycles. The number of rotatable bonds is 1. The molecular weight excluding hydrogens is 245 g/mol. The molecule has 0 aliphatic heterocycles. The first-order valence-electron chi connectivity index (χ1n) is 5.68. The zero-order valence-corrected chi connectivity index (χ0v) is 9.87. The summed E-state index contributed by atoms with van der Waals surface area (Å²) in [6.45, 7) is 0. The van der Waals surface area contributed by atoms with Gasteiger partial charge in [0.15, 0.2) is 0 Å². The zero-order valence-electron chi connectivity index (χ0n) is 9.87. The maximum Gasteiger partial charge on any atom is 0.150 e. The third-order valence-corrected chi connectivity index (χ3v) is 3.06. The highest BCUT2D eigenvalue weighted by atomic mass is 19.1. The van der Waals surface area contributed by atoms with E-state index in [9.17, 15) is 8.78 Å². The lowest BCUT2D eigenvalue weighted by Crippen LogP contribution is -1.99. The minimum Gasteiger partial charge on any atom is -0.396 e. The average Bonchev–Trinajstić information content (AvgIpc) is 2.69. The Bertz CT molecular complexity index is 763. The molecule has 0 aliphatic carbocycles. The van der Waals surface area contributed by atoms with Crippen molar-refractivity contribution >= 4 is 29.9 Å². The Morgan fingerprint density at radius 3 is 2.42 bits per heavy atom. The lowest BCUT2D eigenvalue weighted by molar-refractivity contribution is 0.591. The van der Waals surface area contributed by atoms with Gasteiger partial charge >= 0.3 is 0 Å². The fraction of sp³-hybridized carbons (Fsp3) is 0. The first kappa shape index (κ1) is 11.8. The fourth-order valence-corrected chi connectivity index (χ4v) is 2.12. The van der Waals surface area contributed by atoms with Gasteiger partial charge in [-0.3, -0.25) is 0 Å². The van der Waals surface area contributed by atoms with Crippen molar-refractivity contribution in [1.29, 1.82) is 0 Å². The second-order valence-corrected chi connectivity index (χ2v) is 4.35. The molecule has 2 radical (unpaired) electrons. The number of nitrogens with two attached hydrogens (primary N) is 1. The van der Waals surface area contributed by atoms with Crippen LogP contribution in [-0.2, 0) is 0 Å². The van der Waals surface area contributed by atoms with Crippen LogP contribution in [-0.4, -0.2) is 12.8 Å². The molecule has 5 heteroatoms. The smallest absolute Gasteiger partial charge is 0.150 e. The van der Waals surface area contributed by atoms with Crippen LogP contribution in [0, 0.1) is 11.6 Å². The van der Waals surface area contributed by atoms with Crippen molar-refractivity contribution in [2.75, 3.05) is 5.73 Å². The predicted molar refractivity (Wildman–Crippen MR) is 73.5 cm³/mol. The van der Waals surface area contributed by atoms with E-state index in [2.05, 4.69) is 4.98 Å². The van der Waals surface area contributed by atoms with Gasteiger partial charge in [-0.15, -0.1) is 0 Å². The maximum absolute atomic E-state index is 13.7. The molecule has 2 aromatic carbocycles. The Labute approximate surface area is 109 Å². The highest BCUT2D eigenvalue weighted by Crippen LogP contribution is 2.33. The van der Waals surface area contributed by atoms with Gasteiger partial charge in [0.2, 0.25) is 0 Å². The lowest BCUT2D eigenvalue weighted by atomic mass is 9.94. The second kappa shape index (κ2) is 4.12. The third kappa shape index (κ3) is 1.87. The van der Waals surface area contributed by atoms with Gasteiger partial charge in [0.05, 0.1) is 16.9 Å². The van der Waals surface area contributed by atoms with Gasteiger partial charge in [0.25, 0.3) is 0 Å². The molecule has 92 valence electrons. The highest BCUT2D eigenvalue weighted by Gasteiger charge is 2.14. The van der Waals surface area contributed by atoms with Gasteiger partial charge in [0.1, 0.15) is 19.5 Å². The quantitative estimate of drug-likeness (QED) is 0.643. The third-order valence-electron chi connectivity index (χ3n) is 3.06. The molecule has 0 saturated heterocycles. The number of H-pyrrole nitrogens is 1. The Kier molecular flexibility index (Phi) is 2.55. The summed E-state index contributed by atoms with van der Waals surface area (Å²) in [6.07, 6.45) is 0. The molecule has 0 unspecified atom stereocenters. The standard InChI is InChI=1S/C14H9BF2N2/c15-8-3-1-7(2-4-8)13-12(18)10-5-9(16)6-11(17)14(10)19-13/h1-6,19H,18H2. The average molecular weight is 254 g/mol. The number of hydrogen-bond donors (Lipinski definition) is 2. The van der Waals surface area contributed by atoms with Crippen LogP contribution < -0.4 is 11.2 Å². The first-order valence-corrected chi connectivity index (χ1v) is 5.68. The molecule has 0 amide bonds. The van der Waals surface area contributed by atoms with Crippen LogP contribution in [0.25, 0.3) is 22.2 Å². The van der Waals surface area contributed by atoms with E-state index in [4.69, 9.17) is 13.6 Å². The monoisotopic (exact) mass is 254 g/mol. The number of halogens is 2. The summed E-state index contributed by atoms with van der Waals surface area (Å²) < 4.78 is 26.9. The molecular formula is C14H9BF2N2. The van der Waals surface area contributed by atoms with Gasteiger partial charge < -0.3 is 10.7 Å². The van der Waals surface area contributed by atoms with Gasteiger partial charge in [-0.2, -0.15) is 0 Å². The highest BCUT2D eigenvalue weighted by molar-refractivity contribution is 6.32. The molecule has 0 bridgehead atoms. The molecule has 0 saturated carbocycles. The van der Waals surface area contributed by atoms with Crippen molar-refractivity contribution in [3.8, 4) is 11.3 Å². The summed E-state index contributed by atoms with van der Waals surface area (Å²) in [4.78, 5) is 2.89. The van der Waals surface area contributed by atoms with E-state index in [1.54, 1.807) is 24.3 Å². The number of hydrogen-bond acceptors (Lipinski definition) is 1. The number of nitrogen functional groups attached to an aromatic ring is 1. The van der Waals surface area contributed by atoms with Crippen LogP contribution in [0.1, 0.15) is 0 Å². The summed E-state index contributed by atoms with van der Waals surface area (Å²) in [5.74, 6) is -1.32. The van der Waals surface area contributed by atoms with E-state index < -0.39 is 11.6 Å². The molecule has 0 atom stereocenters. The number of aromatic nitrogens is 1. The first-order chi connectivity index (χ1) is 9.06. The van der Waals surface area contributed by atoms with Crippen LogP contribution in [0.2, 0.25) is 0 Å². The SMILES string of the molecule is [B]c1ccc(-c2[nH]c3c(F)cc(F)cc3c2N)cc1. The van der Waals surface area contributed by atoms with E-state index in [-0.39, 0.29) is 5.52 Å². The molecule has 0 fully saturated rings. The molecule has 3 aromatic rings. The topological polar surface area (TPSA) is 41.8 Å². The summed E-state index contributed by atoms with van der Waals surface area (Å²) in [6, 6.07) is 9.01. The van der Waals surface area contributed by atoms with Crippen LogP contribution in [0.5, 0.6) is 0 Å². The van der Waals surface area contributed by atoms with Crippen molar-refractivity contribution < 1.29 is 8.78 Å². The van der Waals surface area contributed by atoms with Gasteiger partial charge in [-0.1, -0.05) is 29.7 Å². The lowest BCUT2D eigenvalue weighted by Gasteiger charge is -2.01. The van der Waals surface area contributed by atoms with Gasteiger partial charge in [-0.05, 0) is 6.07 Å². The van der Waals surface area contributed by atoms with Crippen LogP contribution in [0.15, 0.2) is 36.4 Å². The van der Waals surface area contributed by atoms with E-state index >= 15 is 0 Å².